The number of anilines is 1. The fourth-order valence-electron chi connectivity index (χ4n) is 3.53. The number of aryl methyl sites for hydroxylation is 1. The SMILES string of the molecule is Cc1nn(Cc2ccccc2F)c(C)c1NC(=O)c1cccc(COc2cccc(Cl)c2)c1. The lowest BCUT2D eigenvalue weighted by atomic mass is 10.1. The first-order valence-electron chi connectivity index (χ1n) is 10.5. The molecule has 1 N–H and O–H groups in total. The summed E-state index contributed by atoms with van der Waals surface area (Å²) in [5, 5.41) is 8.03. The van der Waals surface area contributed by atoms with E-state index < -0.39 is 0 Å². The summed E-state index contributed by atoms with van der Waals surface area (Å²) < 4.78 is 21.5. The molecule has 4 rings (SSSR count). The normalized spacial score (nSPS) is 10.8. The number of amides is 1. The lowest BCUT2D eigenvalue weighted by Crippen LogP contribution is -2.14. The Labute approximate surface area is 196 Å². The molecule has 0 aliphatic heterocycles. The van der Waals surface area contributed by atoms with E-state index in [9.17, 15) is 9.18 Å². The number of carbonyl (C=O) groups is 1. The summed E-state index contributed by atoms with van der Waals surface area (Å²) in [5.41, 5.74) is 3.93. The molecule has 0 radical (unpaired) electrons. The molecule has 0 bridgehead atoms. The van der Waals surface area contributed by atoms with Gasteiger partial charge in [0.25, 0.3) is 5.91 Å². The van der Waals surface area contributed by atoms with Crippen LogP contribution in [0.2, 0.25) is 5.02 Å². The zero-order valence-electron chi connectivity index (χ0n) is 18.3. The van der Waals surface area contributed by atoms with Gasteiger partial charge in [0.15, 0.2) is 0 Å². The van der Waals surface area contributed by atoms with Gasteiger partial charge in [-0.15, -0.1) is 0 Å². The third-order valence-electron chi connectivity index (χ3n) is 5.29. The molecule has 0 aliphatic carbocycles. The van der Waals surface area contributed by atoms with E-state index in [1.807, 2.05) is 38.1 Å². The Morgan fingerprint density at radius 1 is 1.06 bits per heavy atom. The zero-order chi connectivity index (χ0) is 23.4. The van der Waals surface area contributed by atoms with Gasteiger partial charge in [-0.25, -0.2) is 4.39 Å². The maximum atomic E-state index is 14.0. The summed E-state index contributed by atoms with van der Waals surface area (Å²) in [4.78, 5) is 12.9. The predicted molar refractivity (Wildman–Crippen MR) is 127 cm³/mol. The summed E-state index contributed by atoms with van der Waals surface area (Å²) >= 11 is 5.99. The Kier molecular flexibility index (Phi) is 6.75. The summed E-state index contributed by atoms with van der Waals surface area (Å²) in [6.45, 7) is 4.26. The summed E-state index contributed by atoms with van der Waals surface area (Å²) in [6.07, 6.45) is 0. The molecule has 0 atom stereocenters. The first-order valence-corrected chi connectivity index (χ1v) is 10.8. The topological polar surface area (TPSA) is 56.2 Å². The van der Waals surface area contributed by atoms with Crippen LogP contribution in [-0.2, 0) is 13.2 Å². The molecule has 168 valence electrons. The lowest BCUT2D eigenvalue weighted by molar-refractivity contribution is 0.102. The molecule has 0 spiro atoms. The Morgan fingerprint density at radius 2 is 1.85 bits per heavy atom. The van der Waals surface area contributed by atoms with Crippen molar-refractivity contribution >= 4 is 23.2 Å². The second-order valence-electron chi connectivity index (χ2n) is 7.70. The maximum absolute atomic E-state index is 14.0. The molecule has 1 amide bonds. The number of aromatic nitrogens is 2. The molecular weight excluding hydrogens is 441 g/mol. The van der Waals surface area contributed by atoms with E-state index in [-0.39, 0.29) is 18.3 Å². The molecule has 5 nitrogen and oxygen atoms in total. The van der Waals surface area contributed by atoms with Crippen LogP contribution in [0.1, 0.15) is 32.9 Å². The van der Waals surface area contributed by atoms with Gasteiger partial charge < -0.3 is 10.1 Å². The van der Waals surface area contributed by atoms with Crippen molar-refractivity contribution in [2.75, 3.05) is 5.32 Å². The van der Waals surface area contributed by atoms with E-state index in [4.69, 9.17) is 16.3 Å². The number of hydrogen-bond acceptors (Lipinski definition) is 3. The minimum absolute atomic E-state index is 0.253. The van der Waals surface area contributed by atoms with Crippen LogP contribution in [0, 0.1) is 19.7 Å². The van der Waals surface area contributed by atoms with E-state index in [0.29, 0.717) is 39.9 Å². The number of ether oxygens (including phenoxy) is 1. The van der Waals surface area contributed by atoms with Crippen molar-refractivity contribution in [3.63, 3.8) is 0 Å². The Bertz CT molecular complexity index is 1300. The van der Waals surface area contributed by atoms with Crippen LogP contribution in [0.15, 0.2) is 72.8 Å². The summed E-state index contributed by atoms with van der Waals surface area (Å²) in [7, 11) is 0. The molecule has 7 heteroatoms. The highest BCUT2D eigenvalue weighted by atomic mass is 35.5. The van der Waals surface area contributed by atoms with Crippen molar-refractivity contribution in [1.82, 2.24) is 9.78 Å². The van der Waals surface area contributed by atoms with E-state index in [1.165, 1.54) is 6.07 Å². The first-order chi connectivity index (χ1) is 15.9. The van der Waals surface area contributed by atoms with E-state index in [1.54, 1.807) is 47.1 Å². The Morgan fingerprint density at radius 3 is 2.64 bits per heavy atom. The van der Waals surface area contributed by atoms with Crippen molar-refractivity contribution in [2.45, 2.75) is 27.0 Å². The number of nitrogens with one attached hydrogen (secondary N) is 1. The molecule has 0 saturated carbocycles. The molecule has 0 unspecified atom stereocenters. The fraction of sp³-hybridized carbons (Fsp3) is 0.154. The van der Waals surface area contributed by atoms with E-state index in [0.717, 1.165) is 11.3 Å². The highest BCUT2D eigenvalue weighted by Gasteiger charge is 2.16. The van der Waals surface area contributed by atoms with Gasteiger partial charge >= 0.3 is 0 Å². The predicted octanol–water partition coefficient (Wildman–Crippen LogP) is 6.17. The van der Waals surface area contributed by atoms with Crippen LogP contribution >= 0.6 is 11.6 Å². The third kappa shape index (κ3) is 5.41. The fourth-order valence-corrected chi connectivity index (χ4v) is 3.71. The maximum Gasteiger partial charge on any atom is 0.255 e. The molecular formula is C26H23ClFN3O2. The second-order valence-corrected chi connectivity index (χ2v) is 8.13. The molecule has 1 aromatic heterocycles. The quantitative estimate of drug-likeness (QED) is 0.356. The molecule has 4 aromatic rings. The van der Waals surface area contributed by atoms with Crippen LogP contribution in [0.3, 0.4) is 0 Å². The van der Waals surface area contributed by atoms with Crippen molar-refractivity contribution in [3.05, 3.63) is 112 Å². The number of carbonyl (C=O) groups excluding carboxylic acids is 1. The van der Waals surface area contributed by atoms with Crippen LogP contribution in [0.25, 0.3) is 0 Å². The van der Waals surface area contributed by atoms with Crippen molar-refractivity contribution in [1.29, 1.82) is 0 Å². The average Bonchev–Trinajstić information content (AvgIpc) is 3.07. The smallest absolute Gasteiger partial charge is 0.255 e. The summed E-state index contributed by atoms with van der Waals surface area (Å²) in [5.74, 6) is 0.120. The molecule has 0 fully saturated rings. The Balaban J connectivity index is 1.46. The van der Waals surface area contributed by atoms with Gasteiger partial charge in [-0.3, -0.25) is 9.48 Å². The largest absolute Gasteiger partial charge is 0.489 e. The van der Waals surface area contributed by atoms with E-state index >= 15 is 0 Å². The van der Waals surface area contributed by atoms with Crippen molar-refractivity contribution in [2.24, 2.45) is 0 Å². The minimum atomic E-state index is -0.285. The van der Waals surface area contributed by atoms with Crippen molar-refractivity contribution < 1.29 is 13.9 Å². The Hall–Kier alpha value is -3.64. The zero-order valence-corrected chi connectivity index (χ0v) is 19.1. The van der Waals surface area contributed by atoms with Gasteiger partial charge in [-0.1, -0.05) is 48.0 Å². The van der Waals surface area contributed by atoms with Crippen LogP contribution in [0.5, 0.6) is 5.75 Å². The standard InChI is InChI=1S/C26H23ClFN3O2/c1-17-25(18(2)31(30-17)15-21-8-3-4-12-24(21)28)29-26(32)20-9-5-7-19(13-20)16-33-23-11-6-10-22(27)14-23/h3-14H,15-16H2,1-2H3,(H,29,32). The van der Waals surface area contributed by atoms with Gasteiger partial charge in [0, 0.05) is 16.1 Å². The van der Waals surface area contributed by atoms with Crippen LogP contribution < -0.4 is 10.1 Å². The van der Waals surface area contributed by atoms with E-state index in [2.05, 4.69) is 10.4 Å². The number of benzene rings is 3. The average molecular weight is 464 g/mol. The van der Waals surface area contributed by atoms with Gasteiger partial charge in [0.2, 0.25) is 0 Å². The number of halogens is 2. The molecule has 3 aromatic carbocycles. The number of hydrogen-bond donors (Lipinski definition) is 1. The molecule has 1 heterocycles. The molecule has 33 heavy (non-hydrogen) atoms. The highest BCUT2D eigenvalue weighted by molar-refractivity contribution is 6.30. The molecule has 0 aliphatic rings. The van der Waals surface area contributed by atoms with Gasteiger partial charge in [-0.2, -0.15) is 5.10 Å². The first kappa shape index (κ1) is 22.6. The van der Waals surface area contributed by atoms with Crippen LogP contribution in [-0.4, -0.2) is 15.7 Å². The monoisotopic (exact) mass is 463 g/mol. The molecule has 0 saturated heterocycles. The minimum Gasteiger partial charge on any atom is -0.489 e. The summed E-state index contributed by atoms with van der Waals surface area (Å²) in [6, 6.07) is 21.0. The second kappa shape index (κ2) is 9.88. The van der Waals surface area contributed by atoms with Crippen LogP contribution in [0.4, 0.5) is 10.1 Å². The van der Waals surface area contributed by atoms with Gasteiger partial charge in [0.1, 0.15) is 18.2 Å². The third-order valence-corrected chi connectivity index (χ3v) is 5.52. The van der Waals surface area contributed by atoms with Gasteiger partial charge in [0.05, 0.1) is 23.6 Å². The highest BCUT2D eigenvalue weighted by Crippen LogP contribution is 2.23. The van der Waals surface area contributed by atoms with Crippen molar-refractivity contribution in [3.8, 4) is 5.75 Å². The number of nitrogens with zero attached hydrogens (tertiary/aromatic N) is 2. The number of rotatable bonds is 7. The van der Waals surface area contributed by atoms with Gasteiger partial charge in [-0.05, 0) is 55.8 Å². The lowest BCUT2D eigenvalue weighted by Gasteiger charge is -2.10.